The Morgan fingerprint density at radius 2 is 1.84 bits per heavy atom. The lowest BCUT2D eigenvalue weighted by atomic mass is 9.68. The van der Waals surface area contributed by atoms with Crippen LogP contribution in [0.1, 0.15) is 51.4 Å². The van der Waals surface area contributed by atoms with Crippen LogP contribution in [0, 0.1) is 11.3 Å². The van der Waals surface area contributed by atoms with Gasteiger partial charge in [0.1, 0.15) is 0 Å². The maximum atomic E-state index is 12.2. The van der Waals surface area contributed by atoms with Crippen LogP contribution in [-0.4, -0.2) is 43.5 Å². The first-order valence-corrected chi connectivity index (χ1v) is 8.10. The van der Waals surface area contributed by atoms with Crippen molar-refractivity contribution in [1.29, 1.82) is 0 Å². The largest absolute Gasteiger partial charge is 0.381 e. The van der Waals surface area contributed by atoms with Crippen molar-refractivity contribution in [2.24, 2.45) is 11.3 Å². The van der Waals surface area contributed by atoms with E-state index in [9.17, 15) is 4.79 Å². The Morgan fingerprint density at radius 1 is 1.11 bits per heavy atom. The molecule has 1 unspecified atom stereocenters. The maximum Gasteiger partial charge on any atom is 0.152 e. The molecule has 3 nitrogen and oxygen atoms in total. The number of Topliss-reactive ketones (excluding diaryl/α,β-unsaturated/α-hetero) is 1. The number of nitrogens with zero attached hydrogens (tertiary/aromatic N) is 1. The fraction of sp³-hybridized carbons (Fsp3) is 0.938. The normalized spacial score (nSPS) is 31.7. The molecule has 0 amide bonds. The number of ketones is 1. The van der Waals surface area contributed by atoms with E-state index in [4.69, 9.17) is 4.74 Å². The summed E-state index contributed by atoms with van der Waals surface area (Å²) in [4.78, 5) is 14.5. The molecule has 1 spiro atoms. The van der Waals surface area contributed by atoms with Crippen LogP contribution in [0.2, 0.25) is 0 Å². The van der Waals surface area contributed by atoms with E-state index >= 15 is 0 Å². The Morgan fingerprint density at radius 3 is 2.47 bits per heavy atom. The van der Waals surface area contributed by atoms with Gasteiger partial charge < -0.3 is 4.74 Å². The van der Waals surface area contributed by atoms with Crippen LogP contribution in [0.3, 0.4) is 0 Å². The van der Waals surface area contributed by atoms with Crippen LogP contribution >= 0.6 is 0 Å². The summed E-state index contributed by atoms with van der Waals surface area (Å²) in [5.41, 5.74) is 0.647. The maximum absolute atomic E-state index is 12.2. The zero-order valence-corrected chi connectivity index (χ0v) is 12.0. The molecule has 0 aromatic rings. The van der Waals surface area contributed by atoms with Gasteiger partial charge in [-0.2, -0.15) is 0 Å². The van der Waals surface area contributed by atoms with E-state index in [0.29, 0.717) is 24.3 Å². The predicted octanol–water partition coefficient (Wildman–Crippen LogP) is 2.64. The highest BCUT2D eigenvalue weighted by molar-refractivity contribution is 5.83. The number of likely N-dealkylation sites (tertiary alicyclic amines) is 1. The zero-order chi connectivity index (χ0) is 13.1. The van der Waals surface area contributed by atoms with E-state index in [-0.39, 0.29) is 5.92 Å². The van der Waals surface area contributed by atoms with E-state index < -0.39 is 0 Å². The first-order chi connectivity index (χ1) is 9.27. The van der Waals surface area contributed by atoms with Crippen molar-refractivity contribution >= 4 is 5.78 Å². The molecule has 0 radical (unpaired) electrons. The third-order valence-electron chi connectivity index (χ3n) is 5.60. The molecule has 1 aliphatic carbocycles. The molecular formula is C16H27NO2. The van der Waals surface area contributed by atoms with Gasteiger partial charge in [0, 0.05) is 12.5 Å². The summed E-state index contributed by atoms with van der Waals surface area (Å²) in [6.45, 7) is 4.39. The SMILES string of the molecule is O=C(CN1CCC2(CCCCC2)CC1)C1CCOC1. The molecule has 0 aromatic heterocycles. The second kappa shape index (κ2) is 5.92. The number of carbonyl (C=O) groups is 1. The summed E-state index contributed by atoms with van der Waals surface area (Å²) in [5.74, 6) is 0.600. The van der Waals surface area contributed by atoms with Gasteiger partial charge in [0.25, 0.3) is 0 Å². The Kier molecular flexibility index (Phi) is 4.23. The lowest BCUT2D eigenvalue weighted by Crippen LogP contribution is -2.44. The fourth-order valence-electron chi connectivity index (χ4n) is 4.13. The van der Waals surface area contributed by atoms with Crippen molar-refractivity contribution in [2.45, 2.75) is 51.4 Å². The smallest absolute Gasteiger partial charge is 0.152 e. The van der Waals surface area contributed by atoms with Gasteiger partial charge in [-0.15, -0.1) is 0 Å². The quantitative estimate of drug-likeness (QED) is 0.785. The Labute approximate surface area is 116 Å². The van der Waals surface area contributed by atoms with Crippen LogP contribution in [0.15, 0.2) is 0 Å². The average molecular weight is 265 g/mol. The molecule has 3 rings (SSSR count). The Hall–Kier alpha value is -0.410. The molecule has 1 saturated carbocycles. The highest BCUT2D eigenvalue weighted by atomic mass is 16.5. The number of carbonyl (C=O) groups excluding carboxylic acids is 1. The minimum atomic E-state index is 0.186. The first kappa shape index (κ1) is 13.6. The van der Waals surface area contributed by atoms with Gasteiger partial charge >= 0.3 is 0 Å². The van der Waals surface area contributed by atoms with Crippen molar-refractivity contribution in [3.05, 3.63) is 0 Å². The first-order valence-electron chi connectivity index (χ1n) is 8.10. The number of rotatable bonds is 3. The van der Waals surface area contributed by atoms with Crippen molar-refractivity contribution in [3.8, 4) is 0 Å². The molecule has 0 bridgehead atoms. The minimum Gasteiger partial charge on any atom is -0.381 e. The molecule has 0 N–H and O–H groups in total. The van der Waals surface area contributed by atoms with Crippen molar-refractivity contribution in [3.63, 3.8) is 0 Å². The van der Waals surface area contributed by atoms with Crippen LogP contribution in [-0.2, 0) is 9.53 Å². The van der Waals surface area contributed by atoms with Gasteiger partial charge in [-0.1, -0.05) is 19.3 Å². The predicted molar refractivity (Wildman–Crippen MR) is 75.1 cm³/mol. The molecule has 1 atom stereocenters. The number of hydrogen-bond donors (Lipinski definition) is 0. The highest BCUT2D eigenvalue weighted by Gasteiger charge is 2.36. The van der Waals surface area contributed by atoms with Crippen LogP contribution < -0.4 is 0 Å². The molecule has 108 valence electrons. The Bertz CT molecular complexity index is 307. The van der Waals surface area contributed by atoms with Crippen LogP contribution in [0.4, 0.5) is 0 Å². The van der Waals surface area contributed by atoms with Gasteiger partial charge in [0.05, 0.1) is 13.2 Å². The molecule has 0 aromatic carbocycles. The van der Waals surface area contributed by atoms with Gasteiger partial charge in [-0.25, -0.2) is 0 Å². The second-order valence-corrected chi connectivity index (χ2v) is 6.86. The van der Waals surface area contributed by atoms with Gasteiger partial charge in [-0.3, -0.25) is 9.69 Å². The van der Waals surface area contributed by atoms with Crippen molar-refractivity contribution in [1.82, 2.24) is 4.90 Å². The highest BCUT2D eigenvalue weighted by Crippen LogP contribution is 2.44. The summed E-state index contributed by atoms with van der Waals surface area (Å²) >= 11 is 0. The molecule has 3 fully saturated rings. The molecule has 3 heteroatoms. The number of ether oxygens (including phenoxy) is 1. The van der Waals surface area contributed by atoms with E-state index in [1.165, 1.54) is 44.9 Å². The molecule has 3 aliphatic rings. The van der Waals surface area contributed by atoms with E-state index in [0.717, 1.165) is 26.1 Å². The summed E-state index contributed by atoms with van der Waals surface area (Å²) in [6.07, 6.45) is 10.7. The van der Waals surface area contributed by atoms with Crippen LogP contribution in [0.5, 0.6) is 0 Å². The third-order valence-corrected chi connectivity index (χ3v) is 5.60. The topological polar surface area (TPSA) is 29.5 Å². The zero-order valence-electron chi connectivity index (χ0n) is 12.0. The van der Waals surface area contributed by atoms with E-state index in [2.05, 4.69) is 4.90 Å². The van der Waals surface area contributed by atoms with Gasteiger partial charge in [0.15, 0.2) is 5.78 Å². The summed E-state index contributed by atoms with van der Waals surface area (Å²) in [5, 5.41) is 0. The Balaban J connectivity index is 1.46. The summed E-state index contributed by atoms with van der Waals surface area (Å²) in [7, 11) is 0. The number of hydrogen-bond acceptors (Lipinski definition) is 3. The lowest BCUT2D eigenvalue weighted by Gasteiger charge is -2.44. The standard InChI is InChI=1S/C16H27NO2/c18-15(14-4-11-19-13-14)12-17-9-7-16(8-10-17)5-2-1-3-6-16/h14H,1-13H2. The van der Waals surface area contributed by atoms with Gasteiger partial charge in [-0.05, 0) is 50.6 Å². The third kappa shape index (κ3) is 3.19. The van der Waals surface area contributed by atoms with Crippen LogP contribution in [0.25, 0.3) is 0 Å². The minimum absolute atomic E-state index is 0.186. The molecule has 19 heavy (non-hydrogen) atoms. The molecular weight excluding hydrogens is 238 g/mol. The molecule has 2 heterocycles. The number of piperidine rings is 1. The van der Waals surface area contributed by atoms with Crippen molar-refractivity contribution < 1.29 is 9.53 Å². The van der Waals surface area contributed by atoms with Crippen molar-refractivity contribution in [2.75, 3.05) is 32.8 Å². The summed E-state index contributed by atoms with van der Waals surface area (Å²) in [6, 6.07) is 0. The van der Waals surface area contributed by atoms with E-state index in [1.807, 2.05) is 0 Å². The second-order valence-electron chi connectivity index (χ2n) is 6.86. The fourth-order valence-corrected chi connectivity index (χ4v) is 4.13. The average Bonchev–Trinajstić information content (AvgIpc) is 2.97. The molecule has 2 aliphatic heterocycles. The monoisotopic (exact) mass is 265 g/mol. The molecule has 2 saturated heterocycles. The van der Waals surface area contributed by atoms with E-state index in [1.54, 1.807) is 0 Å². The summed E-state index contributed by atoms with van der Waals surface area (Å²) < 4.78 is 5.32. The van der Waals surface area contributed by atoms with Gasteiger partial charge in [0.2, 0.25) is 0 Å². The lowest BCUT2D eigenvalue weighted by molar-refractivity contribution is -0.124.